The molecule has 31 heavy (non-hydrogen) atoms. The lowest BCUT2D eigenvalue weighted by Crippen LogP contribution is -2.26. The van der Waals surface area contributed by atoms with E-state index >= 15 is 0 Å². The lowest BCUT2D eigenvalue weighted by atomic mass is 9.91. The molecule has 0 saturated heterocycles. The summed E-state index contributed by atoms with van der Waals surface area (Å²) in [5, 5.41) is 29.4. The molecule has 8 heteroatoms. The second kappa shape index (κ2) is 13.1. The van der Waals surface area contributed by atoms with Gasteiger partial charge in [-0.05, 0) is 50.5 Å². The Labute approximate surface area is 184 Å². The molecule has 2 unspecified atom stereocenters. The Hall–Kier alpha value is -1.50. The molecule has 0 aromatic heterocycles. The predicted octanol–water partition coefficient (Wildman–Crippen LogP) is 4.03. The Kier molecular flexibility index (Phi) is 10.9. The third-order valence-electron chi connectivity index (χ3n) is 5.66. The first-order chi connectivity index (χ1) is 14.8. The quantitative estimate of drug-likeness (QED) is 0.221. The molecular weight excluding hydrogens is 419 g/mol. The number of allylic oxidation sites excluding steroid dienone is 2. The molecule has 1 aliphatic rings. The first-order valence-electron chi connectivity index (χ1n) is 11.0. The Balaban J connectivity index is 1.90. The van der Waals surface area contributed by atoms with E-state index in [1.54, 1.807) is 6.92 Å². The van der Waals surface area contributed by atoms with E-state index in [9.17, 15) is 19.6 Å². The lowest BCUT2D eigenvalue weighted by Gasteiger charge is -2.25. The fraction of sp³-hybridized carbons (Fsp3) is 0.609. The second-order valence-electron chi connectivity index (χ2n) is 7.97. The molecule has 2 rings (SSSR count). The molecular formula is C23H35O7P. The van der Waals surface area contributed by atoms with Gasteiger partial charge in [-0.3, -0.25) is 9.36 Å². The van der Waals surface area contributed by atoms with Crippen molar-refractivity contribution in [1.82, 2.24) is 0 Å². The second-order valence-corrected chi connectivity index (χ2v) is 10.2. The average Bonchev–Trinajstić information content (AvgIpc) is 3.01. The number of rotatable bonds is 14. The zero-order chi connectivity index (χ0) is 22.7. The van der Waals surface area contributed by atoms with Crippen molar-refractivity contribution in [2.45, 2.75) is 57.7 Å². The molecule has 1 fully saturated rings. The molecule has 0 bridgehead atoms. The van der Waals surface area contributed by atoms with Crippen molar-refractivity contribution in [3.05, 3.63) is 48.0 Å². The van der Waals surface area contributed by atoms with Gasteiger partial charge in [0.05, 0.1) is 31.6 Å². The summed E-state index contributed by atoms with van der Waals surface area (Å²) in [4.78, 5) is 10.6. The van der Waals surface area contributed by atoms with E-state index in [-0.39, 0.29) is 44.1 Å². The monoisotopic (exact) mass is 454 g/mol. The summed E-state index contributed by atoms with van der Waals surface area (Å²) in [6, 6.07) is 9.71. The number of aliphatic hydroxyl groups excluding tert-OH is 2. The van der Waals surface area contributed by atoms with Gasteiger partial charge in [-0.15, -0.1) is 0 Å². The summed E-state index contributed by atoms with van der Waals surface area (Å²) in [6.45, 7) is 2.09. The zero-order valence-corrected chi connectivity index (χ0v) is 19.0. The smallest absolute Gasteiger partial charge is 0.331 e. The predicted molar refractivity (Wildman–Crippen MR) is 119 cm³/mol. The number of carboxylic acid groups (broad SMARTS) is 1. The third kappa shape index (κ3) is 8.87. The summed E-state index contributed by atoms with van der Waals surface area (Å²) < 4.78 is 24.4. The van der Waals surface area contributed by atoms with E-state index in [1.807, 2.05) is 42.5 Å². The van der Waals surface area contributed by atoms with Gasteiger partial charge in [0.25, 0.3) is 0 Å². The first-order valence-corrected chi connectivity index (χ1v) is 12.7. The fourth-order valence-corrected chi connectivity index (χ4v) is 5.61. The number of hydrogen-bond donors (Lipinski definition) is 3. The molecule has 0 spiro atoms. The van der Waals surface area contributed by atoms with Crippen molar-refractivity contribution in [2.75, 3.05) is 19.4 Å². The van der Waals surface area contributed by atoms with Crippen molar-refractivity contribution < 1.29 is 33.7 Å². The third-order valence-corrected chi connectivity index (χ3v) is 7.63. The van der Waals surface area contributed by atoms with Crippen molar-refractivity contribution in [1.29, 1.82) is 0 Å². The molecule has 1 aliphatic carbocycles. The van der Waals surface area contributed by atoms with E-state index in [0.717, 1.165) is 5.56 Å². The van der Waals surface area contributed by atoms with Gasteiger partial charge in [-0.1, -0.05) is 42.5 Å². The van der Waals surface area contributed by atoms with Gasteiger partial charge >= 0.3 is 13.6 Å². The standard InChI is InChI=1S/C23H35O7P/c1-2-29-31(28,15-14-18-10-6-5-7-11-18)30-17-20-19(21(24)16-22(20)25)12-8-3-4-9-13-23(26)27/h3,5-8,10-11,19-22,24-25H,2,4,9,12-17H2,1H3,(H,26,27)/b8-3-/t19?,20-,21+,22-,31?/m1/s1. The Morgan fingerprint density at radius 2 is 1.84 bits per heavy atom. The van der Waals surface area contributed by atoms with Gasteiger partial charge in [-0.25, -0.2) is 0 Å². The van der Waals surface area contributed by atoms with Crippen LogP contribution in [0.1, 0.15) is 44.6 Å². The topological polar surface area (TPSA) is 113 Å². The molecule has 174 valence electrons. The van der Waals surface area contributed by atoms with Crippen LogP contribution >= 0.6 is 7.60 Å². The van der Waals surface area contributed by atoms with Crippen LogP contribution in [-0.4, -0.2) is 52.9 Å². The minimum Gasteiger partial charge on any atom is -0.481 e. The highest BCUT2D eigenvalue weighted by molar-refractivity contribution is 7.53. The molecule has 0 amide bonds. The van der Waals surface area contributed by atoms with E-state index in [1.165, 1.54) is 0 Å². The number of hydrogen-bond acceptors (Lipinski definition) is 6. The van der Waals surface area contributed by atoms with Crippen LogP contribution in [0.3, 0.4) is 0 Å². The molecule has 3 N–H and O–H groups in total. The number of carboxylic acids is 1. The molecule has 1 aromatic rings. The molecule has 5 atom stereocenters. The number of aliphatic carboxylic acids is 1. The van der Waals surface area contributed by atoms with Crippen LogP contribution in [0.2, 0.25) is 0 Å². The average molecular weight is 455 g/mol. The number of unbranched alkanes of at least 4 members (excludes halogenated alkanes) is 1. The first kappa shape index (κ1) is 25.8. The Bertz CT molecular complexity index is 737. The van der Waals surface area contributed by atoms with E-state index in [4.69, 9.17) is 14.2 Å². The van der Waals surface area contributed by atoms with Gasteiger partial charge in [0.15, 0.2) is 0 Å². The number of aryl methyl sites for hydroxylation is 1. The van der Waals surface area contributed by atoms with Crippen LogP contribution in [-0.2, 0) is 24.8 Å². The Morgan fingerprint density at radius 3 is 2.52 bits per heavy atom. The minimum atomic E-state index is -3.33. The number of carbonyl (C=O) groups is 1. The van der Waals surface area contributed by atoms with Crippen LogP contribution in [0, 0.1) is 11.8 Å². The SMILES string of the molecule is CCOP(=O)(CCc1ccccc1)OC[C@@H]1C(C/C=C\CCCC(=O)O)[C@@H](O)C[C@H]1O. The Morgan fingerprint density at radius 1 is 1.13 bits per heavy atom. The summed E-state index contributed by atoms with van der Waals surface area (Å²) in [6.07, 6.45) is 5.39. The highest BCUT2D eigenvalue weighted by Gasteiger charge is 2.42. The number of aliphatic hydroxyl groups is 2. The van der Waals surface area contributed by atoms with Crippen LogP contribution < -0.4 is 0 Å². The van der Waals surface area contributed by atoms with Gasteiger partial charge in [0, 0.05) is 12.3 Å². The molecule has 1 aromatic carbocycles. The molecule has 7 nitrogen and oxygen atoms in total. The van der Waals surface area contributed by atoms with E-state index < -0.39 is 25.8 Å². The lowest BCUT2D eigenvalue weighted by molar-refractivity contribution is -0.137. The normalized spacial score (nSPS) is 25.6. The van der Waals surface area contributed by atoms with Crippen LogP contribution in [0.5, 0.6) is 0 Å². The molecule has 1 saturated carbocycles. The van der Waals surface area contributed by atoms with Gasteiger partial charge in [-0.2, -0.15) is 0 Å². The van der Waals surface area contributed by atoms with Crippen LogP contribution in [0.4, 0.5) is 0 Å². The maximum Gasteiger partial charge on any atom is 0.331 e. The zero-order valence-electron chi connectivity index (χ0n) is 18.1. The van der Waals surface area contributed by atoms with Crippen molar-refractivity contribution >= 4 is 13.6 Å². The summed E-state index contributed by atoms with van der Waals surface area (Å²) in [7, 11) is -3.33. The maximum atomic E-state index is 13.2. The van der Waals surface area contributed by atoms with Crippen LogP contribution in [0.25, 0.3) is 0 Å². The minimum absolute atomic E-state index is 0.0574. The highest BCUT2D eigenvalue weighted by Crippen LogP contribution is 2.50. The summed E-state index contributed by atoms with van der Waals surface area (Å²) in [5.41, 5.74) is 1.05. The summed E-state index contributed by atoms with van der Waals surface area (Å²) in [5.74, 6) is -1.37. The summed E-state index contributed by atoms with van der Waals surface area (Å²) >= 11 is 0. The van der Waals surface area contributed by atoms with Crippen molar-refractivity contribution in [3.8, 4) is 0 Å². The number of benzene rings is 1. The van der Waals surface area contributed by atoms with Gasteiger partial charge < -0.3 is 24.4 Å². The largest absolute Gasteiger partial charge is 0.481 e. The molecule has 0 radical (unpaired) electrons. The molecule has 0 aliphatic heterocycles. The molecule has 0 heterocycles. The fourth-order valence-electron chi connectivity index (χ4n) is 3.95. The maximum absolute atomic E-state index is 13.2. The van der Waals surface area contributed by atoms with Crippen molar-refractivity contribution in [3.63, 3.8) is 0 Å². The van der Waals surface area contributed by atoms with Crippen LogP contribution in [0.15, 0.2) is 42.5 Å². The van der Waals surface area contributed by atoms with Gasteiger partial charge in [0.2, 0.25) is 0 Å². The van der Waals surface area contributed by atoms with E-state index in [2.05, 4.69) is 0 Å². The highest BCUT2D eigenvalue weighted by atomic mass is 31.2. The van der Waals surface area contributed by atoms with E-state index in [0.29, 0.717) is 25.7 Å². The van der Waals surface area contributed by atoms with Gasteiger partial charge in [0.1, 0.15) is 0 Å². The van der Waals surface area contributed by atoms with Crippen molar-refractivity contribution in [2.24, 2.45) is 11.8 Å².